The van der Waals surface area contributed by atoms with E-state index in [9.17, 15) is 19.8 Å². The normalized spacial score (nSPS) is 24.5. The number of hydrogen-bond acceptors (Lipinski definition) is 6. The molecule has 2 N–H and O–H groups in total. The second-order valence-corrected chi connectivity index (χ2v) is 15.5. The summed E-state index contributed by atoms with van der Waals surface area (Å²) in [4.78, 5) is 24.3. The van der Waals surface area contributed by atoms with E-state index in [0.717, 1.165) is 67.1 Å². The number of esters is 2. The summed E-state index contributed by atoms with van der Waals surface area (Å²) in [6.45, 7) is 18.7. The van der Waals surface area contributed by atoms with Crippen LogP contribution in [0.3, 0.4) is 0 Å². The summed E-state index contributed by atoms with van der Waals surface area (Å²) < 4.78 is 10.9. The fourth-order valence-electron chi connectivity index (χ4n) is 8.06. The third kappa shape index (κ3) is 14.2. The van der Waals surface area contributed by atoms with E-state index in [1.54, 1.807) is 0 Å². The van der Waals surface area contributed by atoms with Crippen molar-refractivity contribution in [2.75, 3.05) is 26.4 Å². The van der Waals surface area contributed by atoms with E-state index in [-0.39, 0.29) is 36.2 Å². The first-order chi connectivity index (χ1) is 22.0. The van der Waals surface area contributed by atoms with Gasteiger partial charge in [0.2, 0.25) is 0 Å². The zero-order valence-electron chi connectivity index (χ0n) is 30.3. The first kappa shape index (κ1) is 40.5. The molecule has 46 heavy (non-hydrogen) atoms. The van der Waals surface area contributed by atoms with Gasteiger partial charge in [-0.2, -0.15) is 0 Å². The van der Waals surface area contributed by atoms with Gasteiger partial charge in [0.05, 0.1) is 37.6 Å². The minimum Gasteiger partial charge on any atom is -0.462 e. The molecule has 0 saturated heterocycles. The Balaban J connectivity index is 1.75. The summed E-state index contributed by atoms with van der Waals surface area (Å²) in [5.41, 5.74) is 0.0283. The molecule has 2 rings (SSSR count). The van der Waals surface area contributed by atoms with Crippen LogP contribution in [-0.2, 0) is 19.1 Å². The zero-order valence-corrected chi connectivity index (χ0v) is 30.3. The van der Waals surface area contributed by atoms with Crippen molar-refractivity contribution in [2.24, 2.45) is 53.3 Å². The van der Waals surface area contributed by atoms with Crippen LogP contribution in [0, 0.1) is 53.3 Å². The molecular formula is C40H70O6. The molecule has 0 bridgehead atoms. The Hall–Kier alpha value is -1.66. The number of aliphatic hydroxyl groups excluding tert-OH is 2. The predicted molar refractivity (Wildman–Crippen MR) is 188 cm³/mol. The molecule has 4 atom stereocenters. The van der Waals surface area contributed by atoms with E-state index in [1.807, 2.05) is 0 Å². The smallest absolute Gasteiger partial charge is 0.335 e. The Labute approximate surface area is 282 Å². The van der Waals surface area contributed by atoms with Crippen LogP contribution in [-0.4, -0.2) is 48.6 Å². The van der Waals surface area contributed by atoms with Gasteiger partial charge in [-0.15, -0.1) is 0 Å². The molecule has 2 saturated carbocycles. The Morgan fingerprint density at radius 1 is 0.652 bits per heavy atom. The lowest BCUT2D eigenvalue weighted by molar-refractivity contribution is -0.146. The van der Waals surface area contributed by atoms with Crippen LogP contribution in [0.2, 0.25) is 0 Å². The van der Waals surface area contributed by atoms with Crippen molar-refractivity contribution in [3.05, 3.63) is 24.3 Å². The molecule has 6 heteroatoms. The number of ether oxygens (including phenoxy) is 2. The quantitative estimate of drug-likeness (QED) is 0.0693. The van der Waals surface area contributed by atoms with Gasteiger partial charge in [0.25, 0.3) is 0 Å². The van der Waals surface area contributed by atoms with Crippen LogP contribution in [0.1, 0.15) is 137 Å². The van der Waals surface area contributed by atoms with Crippen LogP contribution in [0.5, 0.6) is 0 Å². The number of aliphatic hydroxyl groups is 2. The molecule has 0 aromatic heterocycles. The summed E-state index contributed by atoms with van der Waals surface area (Å²) in [6, 6.07) is 0. The molecule has 2 aliphatic carbocycles. The summed E-state index contributed by atoms with van der Waals surface area (Å²) >= 11 is 0. The lowest BCUT2D eigenvalue weighted by Gasteiger charge is -2.40. The third-order valence-electron chi connectivity index (χ3n) is 12.1. The summed E-state index contributed by atoms with van der Waals surface area (Å²) in [5.74, 6) is 4.64. The molecule has 0 aromatic carbocycles. The Morgan fingerprint density at radius 2 is 1.11 bits per heavy atom. The second-order valence-electron chi connectivity index (χ2n) is 15.5. The van der Waals surface area contributed by atoms with E-state index >= 15 is 0 Å². The molecule has 0 aromatic rings. The minimum atomic E-state index is -0.620. The van der Waals surface area contributed by atoms with Crippen LogP contribution >= 0.6 is 0 Å². The Kier molecular flexibility index (Phi) is 19.4. The highest BCUT2D eigenvalue weighted by atomic mass is 16.5. The second kappa shape index (κ2) is 22.1. The van der Waals surface area contributed by atoms with Gasteiger partial charge in [0, 0.05) is 5.92 Å². The van der Waals surface area contributed by atoms with E-state index in [1.165, 1.54) is 77.0 Å². The van der Waals surface area contributed by atoms with Gasteiger partial charge in [0.15, 0.2) is 0 Å². The highest BCUT2D eigenvalue weighted by molar-refractivity contribution is 5.88. The van der Waals surface area contributed by atoms with Gasteiger partial charge in [-0.1, -0.05) is 99.1 Å². The van der Waals surface area contributed by atoms with E-state index in [2.05, 4.69) is 47.8 Å². The standard InChI is InChI=1S/C40H70O6/c1-8-9-10-11-28(2)12-13-29(3)30(4)14-15-31(5)34-16-18-35(19-17-34)36-20-22-37(23-21-36)38(26-45-39(43)32(6)24-41)27-46-40(44)33(7)25-42/h28-31,34-38,41-42H,6-27H2,1-5H3. The third-order valence-corrected chi connectivity index (χ3v) is 12.1. The van der Waals surface area contributed by atoms with Crippen LogP contribution in [0.4, 0.5) is 0 Å². The zero-order chi connectivity index (χ0) is 34.1. The van der Waals surface area contributed by atoms with Gasteiger partial charge in [0.1, 0.15) is 0 Å². The summed E-state index contributed by atoms with van der Waals surface area (Å²) in [6.07, 6.45) is 20.8. The molecule has 4 unspecified atom stereocenters. The van der Waals surface area contributed by atoms with Crippen molar-refractivity contribution in [1.29, 1.82) is 0 Å². The topological polar surface area (TPSA) is 93.1 Å². The van der Waals surface area contributed by atoms with Crippen molar-refractivity contribution >= 4 is 11.9 Å². The van der Waals surface area contributed by atoms with Crippen LogP contribution < -0.4 is 0 Å². The maximum Gasteiger partial charge on any atom is 0.335 e. The maximum absolute atomic E-state index is 12.1. The fraction of sp³-hybridized carbons (Fsp3) is 0.850. The number of rotatable bonds is 22. The molecule has 2 fully saturated rings. The van der Waals surface area contributed by atoms with Crippen LogP contribution in [0.15, 0.2) is 24.3 Å². The largest absolute Gasteiger partial charge is 0.462 e. The van der Waals surface area contributed by atoms with E-state index in [0.29, 0.717) is 0 Å². The molecule has 0 radical (unpaired) electrons. The monoisotopic (exact) mass is 647 g/mol. The number of unbranched alkanes of at least 4 members (excludes halogenated alkanes) is 2. The van der Waals surface area contributed by atoms with E-state index in [4.69, 9.17) is 9.47 Å². The number of carbonyl (C=O) groups excluding carboxylic acids is 2. The lowest BCUT2D eigenvalue weighted by atomic mass is 9.66. The molecular weight excluding hydrogens is 576 g/mol. The van der Waals surface area contributed by atoms with Crippen molar-refractivity contribution < 1.29 is 29.3 Å². The highest BCUT2D eigenvalue weighted by Gasteiger charge is 2.35. The van der Waals surface area contributed by atoms with Gasteiger partial charge in [-0.25, -0.2) is 9.59 Å². The van der Waals surface area contributed by atoms with Gasteiger partial charge in [-0.05, 0) is 98.7 Å². The SMILES string of the molecule is C=C(CO)C(=O)OCC(COC(=O)C(=C)CO)C1CCC(C2CCC(C(C)CCC(C)C(C)CCC(C)CCCCC)CC2)CC1. The first-order valence-electron chi connectivity index (χ1n) is 18.9. The highest BCUT2D eigenvalue weighted by Crippen LogP contribution is 2.45. The van der Waals surface area contributed by atoms with Crippen LogP contribution in [0.25, 0.3) is 0 Å². The molecule has 0 spiro atoms. The summed E-state index contributed by atoms with van der Waals surface area (Å²) in [7, 11) is 0. The van der Waals surface area contributed by atoms with Gasteiger partial charge < -0.3 is 19.7 Å². The lowest BCUT2D eigenvalue weighted by Crippen LogP contribution is -2.33. The Bertz CT molecular complexity index is 865. The number of carbonyl (C=O) groups is 2. The van der Waals surface area contributed by atoms with Crippen molar-refractivity contribution in [2.45, 2.75) is 137 Å². The average Bonchev–Trinajstić information content (AvgIpc) is 3.08. The van der Waals surface area contributed by atoms with Gasteiger partial charge >= 0.3 is 11.9 Å². The molecule has 0 amide bonds. The van der Waals surface area contributed by atoms with E-state index < -0.39 is 25.2 Å². The molecule has 2 aliphatic rings. The molecule has 266 valence electrons. The summed E-state index contributed by atoms with van der Waals surface area (Å²) in [5, 5.41) is 18.4. The number of hydrogen-bond donors (Lipinski definition) is 2. The predicted octanol–water partition coefficient (Wildman–Crippen LogP) is 9.08. The fourth-order valence-corrected chi connectivity index (χ4v) is 8.06. The molecule has 6 nitrogen and oxygen atoms in total. The minimum absolute atomic E-state index is 0.0141. The molecule has 0 heterocycles. The average molecular weight is 647 g/mol. The van der Waals surface area contributed by atoms with Crippen molar-refractivity contribution in [1.82, 2.24) is 0 Å². The maximum atomic E-state index is 12.1. The Morgan fingerprint density at radius 3 is 1.57 bits per heavy atom. The van der Waals surface area contributed by atoms with Crippen molar-refractivity contribution in [3.63, 3.8) is 0 Å². The first-order valence-corrected chi connectivity index (χ1v) is 18.9. The van der Waals surface area contributed by atoms with Crippen molar-refractivity contribution in [3.8, 4) is 0 Å². The molecule has 0 aliphatic heterocycles. The van der Waals surface area contributed by atoms with Gasteiger partial charge in [-0.3, -0.25) is 0 Å².